The van der Waals surface area contributed by atoms with Crippen LogP contribution in [0.4, 0.5) is 0 Å². The molecule has 0 aliphatic heterocycles. The lowest BCUT2D eigenvalue weighted by Gasteiger charge is -2.14. The molecule has 0 aliphatic carbocycles. The number of rotatable bonds is 5. The maximum atomic E-state index is 11.4. The number of carbonyl (C=O) groups excluding carboxylic acids is 1. The highest BCUT2D eigenvalue weighted by atomic mass is 32.1. The van der Waals surface area contributed by atoms with Gasteiger partial charge in [-0.25, -0.2) is 4.98 Å². The van der Waals surface area contributed by atoms with Crippen molar-refractivity contribution in [1.82, 2.24) is 10.3 Å². The molecule has 0 saturated heterocycles. The number of hydrogen-bond donors (Lipinski definition) is 2. The molecule has 1 atom stereocenters. The Morgan fingerprint density at radius 3 is 2.93 bits per heavy atom. The molecule has 0 spiro atoms. The molecule has 5 heteroatoms. The van der Waals surface area contributed by atoms with Gasteiger partial charge in [0.1, 0.15) is 5.01 Å². The fourth-order valence-electron chi connectivity index (χ4n) is 1.04. The van der Waals surface area contributed by atoms with Crippen LogP contribution in [0.15, 0.2) is 11.6 Å². The summed E-state index contributed by atoms with van der Waals surface area (Å²) in [5, 5.41) is 5.61. The Morgan fingerprint density at radius 2 is 2.40 bits per heavy atom. The molecule has 0 aliphatic rings. The van der Waals surface area contributed by atoms with Gasteiger partial charge in [-0.2, -0.15) is 0 Å². The Hall–Kier alpha value is -0.940. The number of nitrogens with two attached hydrogens (primary N) is 1. The number of nitrogens with zero attached hydrogens (tertiary/aromatic N) is 1. The molecule has 1 rings (SSSR count). The van der Waals surface area contributed by atoms with Gasteiger partial charge in [-0.3, -0.25) is 4.79 Å². The highest BCUT2D eigenvalue weighted by Gasteiger charge is 2.12. The maximum Gasteiger partial charge on any atom is 0.221 e. The highest BCUT2D eigenvalue weighted by Crippen LogP contribution is 2.05. The monoisotopic (exact) mass is 227 g/mol. The van der Waals surface area contributed by atoms with Crippen LogP contribution >= 0.6 is 11.3 Å². The van der Waals surface area contributed by atoms with Gasteiger partial charge in [0.25, 0.3) is 0 Å². The first kappa shape index (κ1) is 12.1. The Kier molecular flexibility index (Phi) is 4.71. The summed E-state index contributed by atoms with van der Waals surface area (Å²) < 4.78 is 0. The third kappa shape index (κ3) is 4.40. The van der Waals surface area contributed by atoms with Gasteiger partial charge in [0.15, 0.2) is 0 Å². The van der Waals surface area contributed by atoms with Crippen LogP contribution in [-0.2, 0) is 11.3 Å². The van der Waals surface area contributed by atoms with Gasteiger partial charge < -0.3 is 11.1 Å². The molecule has 1 unspecified atom stereocenters. The van der Waals surface area contributed by atoms with E-state index in [0.717, 1.165) is 5.01 Å². The third-order valence-corrected chi connectivity index (χ3v) is 2.98. The zero-order valence-electron chi connectivity index (χ0n) is 9.06. The quantitative estimate of drug-likeness (QED) is 0.792. The number of thiazole rings is 1. The number of aromatic nitrogens is 1. The SMILES string of the molecule is CC(C)C(N)CC(=O)NCc1nccs1. The van der Waals surface area contributed by atoms with E-state index >= 15 is 0 Å². The smallest absolute Gasteiger partial charge is 0.221 e. The van der Waals surface area contributed by atoms with Gasteiger partial charge in [0, 0.05) is 24.0 Å². The molecular formula is C10H17N3OS. The summed E-state index contributed by atoms with van der Waals surface area (Å²) >= 11 is 1.53. The molecule has 1 heterocycles. The van der Waals surface area contributed by atoms with Crippen LogP contribution in [0, 0.1) is 5.92 Å². The first-order valence-corrected chi connectivity index (χ1v) is 5.88. The van der Waals surface area contributed by atoms with E-state index in [1.165, 1.54) is 11.3 Å². The molecule has 3 N–H and O–H groups in total. The van der Waals surface area contributed by atoms with Crippen LogP contribution < -0.4 is 11.1 Å². The second-order valence-corrected chi connectivity index (χ2v) is 4.79. The van der Waals surface area contributed by atoms with E-state index in [1.54, 1.807) is 6.20 Å². The van der Waals surface area contributed by atoms with E-state index in [0.29, 0.717) is 18.9 Å². The number of carbonyl (C=O) groups is 1. The van der Waals surface area contributed by atoms with E-state index < -0.39 is 0 Å². The number of nitrogens with one attached hydrogen (secondary N) is 1. The lowest BCUT2D eigenvalue weighted by Crippen LogP contribution is -2.34. The van der Waals surface area contributed by atoms with Crippen molar-refractivity contribution in [2.45, 2.75) is 32.9 Å². The van der Waals surface area contributed by atoms with Gasteiger partial charge in [-0.05, 0) is 5.92 Å². The van der Waals surface area contributed by atoms with E-state index in [4.69, 9.17) is 5.73 Å². The molecule has 0 saturated carbocycles. The summed E-state index contributed by atoms with van der Waals surface area (Å²) in [5.41, 5.74) is 5.79. The summed E-state index contributed by atoms with van der Waals surface area (Å²) in [5.74, 6) is 0.321. The van der Waals surface area contributed by atoms with Gasteiger partial charge in [-0.15, -0.1) is 11.3 Å². The molecule has 84 valence electrons. The minimum Gasteiger partial charge on any atom is -0.350 e. The van der Waals surface area contributed by atoms with Crippen LogP contribution in [0.25, 0.3) is 0 Å². The average Bonchev–Trinajstić information content (AvgIpc) is 2.66. The Morgan fingerprint density at radius 1 is 1.67 bits per heavy atom. The molecule has 1 aromatic rings. The zero-order valence-corrected chi connectivity index (χ0v) is 9.88. The summed E-state index contributed by atoms with van der Waals surface area (Å²) in [4.78, 5) is 15.5. The zero-order chi connectivity index (χ0) is 11.3. The molecule has 0 bridgehead atoms. The van der Waals surface area contributed by atoms with Gasteiger partial charge in [-0.1, -0.05) is 13.8 Å². The molecule has 0 radical (unpaired) electrons. The van der Waals surface area contributed by atoms with Crippen molar-refractivity contribution in [2.75, 3.05) is 0 Å². The topological polar surface area (TPSA) is 68.0 Å². The second-order valence-electron chi connectivity index (χ2n) is 3.81. The first-order chi connectivity index (χ1) is 7.09. The third-order valence-electron chi connectivity index (χ3n) is 2.20. The molecule has 0 aromatic carbocycles. The highest BCUT2D eigenvalue weighted by molar-refractivity contribution is 7.09. The molecule has 1 aromatic heterocycles. The van der Waals surface area contributed by atoms with Crippen molar-refractivity contribution in [3.8, 4) is 0 Å². The minimum absolute atomic E-state index is 0.00796. The van der Waals surface area contributed by atoms with Crippen molar-refractivity contribution in [3.05, 3.63) is 16.6 Å². The lowest BCUT2D eigenvalue weighted by molar-refractivity contribution is -0.121. The Balaban J connectivity index is 2.25. The Bertz CT molecular complexity index is 298. The minimum atomic E-state index is -0.0682. The van der Waals surface area contributed by atoms with Crippen molar-refractivity contribution in [2.24, 2.45) is 11.7 Å². The number of amides is 1. The molecule has 0 fully saturated rings. The molecule has 15 heavy (non-hydrogen) atoms. The van der Waals surface area contributed by atoms with E-state index in [9.17, 15) is 4.79 Å². The van der Waals surface area contributed by atoms with Crippen molar-refractivity contribution < 1.29 is 4.79 Å². The standard InChI is InChI=1S/C10H17N3OS/c1-7(2)8(11)5-9(14)13-6-10-12-3-4-15-10/h3-4,7-8H,5-6,11H2,1-2H3,(H,13,14). The summed E-state index contributed by atoms with van der Waals surface area (Å²) in [7, 11) is 0. The van der Waals surface area contributed by atoms with Gasteiger partial charge in [0.2, 0.25) is 5.91 Å². The average molecular weight is 227 g/mol. The predicted octanol–water partition coefficient (Wildman–Crippen LogP) is 1.13. The fraction of sp³-hybridized carbons (Fsp3) is 0.600. The van der Waals surface area contributed by atoms with Crippen molar-refractivity contribution in [1.29, 1.82) is 0 Å². The first-order valence-electron chi connectivity index (χ1n) is 5.00. The second kappa shape index (κ2) is 5.82. The number of hydrogen-bond acceptors (Lipinski definition) is 4. The van der Waals surface area contributed by atoms with Crippen LogP contribution in [0.5, 0.6) is 0 Å². The molecular weight excluding hydrogens is 210 g/mol. The predicted molar refractivity (Wildman–Crippen MR) is 61.4 cm³/mol. The van der Waals surface area contributed by atoms with Crippen LogP contribution in [0.3, 0.4) is 0 Å². The van der Waals surface area contributed by atoms with Crippen LogP contribution in [-0.4, -0.2) is 16.9 Å². The van der Waals surface area contributed by atoms with Crippen molar-refractivity contribution in [3.63, 3.8) is 0 Å². The Labute approximate surface area is 93.9 Å². The maximum absolute atomic E-state index is 11.4. The normalized spacial score (nSPS) is 12.8. The van der Waals surface area contributed by atoms with Crippen molar-refractivity contribution >= 4 is 17.2 Å². The van der Waals surface area contributed by atoms with Gasteiger partial charge in [0.05, 0.1) is 6.54 Å². The summed E-state index contributed by atoms with van der Waals surface area (Å²) in [6.45, 7) is 4.53. The van der Waals surface area contributed by atoms with Crippen LogP contribution in [0.2, 0.25) is 0 Å². The summed E-state index contributed by atoms with van der Waals surface area (Å²) in [6, 6.07) is -0.0682. The van der Waals surface area contributed by atoms with E-state index in [2.05, 4.69) is 10.3 Å². The molecule has 4 nitrogen and oxygen atoms in total. The van der Waals surface area contributed by atoms with E-state index in [1.807, 2.05) is 19.2 Å². The van der Waals surface area contributed by atoms with E-state index in [-0.39, 0.29) is 11.9 Å². The largest absolute Gasteiger partial charge is 0.350 e. The molecule has 1 amide bonds. The van der Waals surface area contributed by atoms with Crippen LogP contribution in [0.1, 0.15) is 25.3 Å². The fourth-order valence-corrected chi connectivity index (χ4v) is 1.59. The van der Waals surface area contributed by atoms with Gasteiger partial charge >= 0.3 is 0 Å². The summed E-state index contributed by atoms with van der Waals surface area (Å²) in [6.07, 6.45) is 2.11. The lowest BCUT2D eigenvalue weighted by atomic mass is 10.0.